The molecule has 1 aromatic rings. The molecule has 2 amide bonds. The third-order valence-corrected chi connectivity index (χ3v) is 5.70. The molecule has 6 heteroatoms. The second kappa shape index (κ2) is 7.06. The first-order chi connectivity index (χ1) is 12.6. The highest BCUT2D eigenvalue weighted by atomic mass is 16.6. The van der Waals surface area contributed by atoms with Gasteiger partial charge in [-0.2, -0.15) is 0 Å². The van der Waals surface area contributed by atoms with Crippen molar-refractivity contribution in [3.8, 4) is 5.75 Å². The van der Waals surface area contributed by atoms with Gasteiger partial charge in [0.2, 0.25) is 5.91 Å². The summed E-state index contributed by atoms with van der Waals surface area (Å²) < 4.78 is 10.7. The van der Waals surface area contributed by atoms with E-state index >= 15 is 0 Å². The SMILES string of the molecule is COc1ccc(CN2CC(C3(C)CCN3C(=O)OC(C)(C)C)CC2=O)cc1. The van der Waals surface area contributed by atoms with E-state index in [1.807, 2.05) is 49.9 Å². The van der Waals surface area contributed by atoms with Crippen molar-refractivity contribution in [2.24, 2.45) is 5.92 Å². The van der Waals surface area contributed by atoms with E-state index < -0.39 is 5.60 Å². The molecule has 2 aliphatic heterocycles. The summed E-state index contributed by atoms with van der Waals surface area (Å²) >= 11 is 0. The van der Waals surface area contributed by atoms with Gasteiger partial charge in [0, 0.05) is 32.0 Å². The lowest BCUT2D eigenvalue weighted by atomic mass is 9.75. The van der Waals surface area contributed by atoms with Crippen LogP contribution in [0.2, 0.25) is 0 Å². The Morgan fingerprint density at radius 3 is 2.44 bits per heavy atom. The zero-order valence-corrected chi connectivity index (χ0v) is 16.9. The summed E-state index contributed by atoms with van der Waals surface area (Å²) in [6.45, 7) is 9.64. The summed E-state index contributed by atoms with van der Waals surface area (Å²) in [5.41, 5.74) is 0.249. The monoisotopic (exact) mass is 374 g/mol. The van der Waals surface area contributed by atoms with Crippen molar-refractivity contribution in [2.45, 2.75) is 58.2 Å². The Kier molecular flexibility index (Phi) is 5.10. The number of benzene rings is 1. The average molecular weight is 374 g/mol. The molecule has 148 valence electrons. The first-order valence-electron chi connectivity index (χ1n) is 9.54. The van der Waals surface area contributed by atoms with E-state index in [9.17, 15) is 9.59 Å². The van der Waals surface area contributed by atoms with Crippen LogP contribution in [0, 0.1) is 5.92 Å². The van der Waals surface area contributed by atoms with Crippen LogP contribution in [-0.4, -0.2) is 53.1 Å². The molecular weight excluding hydrogens is 344 g/mol. The molecule has 0 saturated carbocycles. The Bertz CT molecular complexity index is 710. The van der Waals surface area contributed by atoms with Crippen molar-refractivity contribution in [2.75, 3.05) is 20.2 Å². The molecule has 2 saturated heterocycles. The molecular formula is C21H30N2O4. The number of ether oxygens (including phenoxy) is 2. The molecule has 0 spiro atoms. The van der Waals surface area contributed by atoms with Crippen LogP contribution in [0.3, 0.4) is 0 Å². The van der Waals surface area contributed by atoms with Crippen LogP contribution in [0.5, 0.6) is 5.75 Å². The standard InChI is InChI=1S/C21H30N2O4/c1-20(2,3)27-19(25)23-11-10-21(23,4)16-12-18(24)22(14-16)13-15-6-8-17(26-5)9-7-15/h6-9,16H,10-14H2,1-5H3. The second-order valence-corrected chi connectivity index (χ2v) is 8.76. The van der Waals surface area contributed by atoms with E-state index in [0.29, 0.717) is 26.1 Å². The third-order valence-electron chi connectivity index (χ3n) is 5.70. The number of carbonyl (C=O) groups excluding carboxylic acids is 2. The van der Waals surface area contributed by atoms with Crippen molar-refractivity contribution in [3.05, 3.63) is 29.8 Å². The van der Waals surface area contributed by atoms with E-state index in [4.69, 9.17) is 9.47 Å². The highest BCUT2D eigenvalue weighted by Crippen LogP contribution is 2.43. The van der Waals surface area contributed by atoms with Crippen LogP contribution in [0.25, 0.3) is 0 Å². The zero-order valence-electron chi connectivity index (χ0n) is 16.9. The van der Waals surface area contributed by atoms with E-state index in [1.54, 1.807) is 12.0 Å². The molecule has 0 N–H and O–H groups in total. The lowest BCUT2D eigenvalue weighted by molar-refractivity contribution is -0.128. The summed E-state index contributed by atoms with van der Waals surface area (Å²) in [6.07, 6.45) is 1.10. The number of carbonyl (C=O) groups is 2. The summed E-state index contributed by atoms with van der Waals surface area (Å²) in [7, 11) is 1.64. The van der Waals surface area contributed by atoms with Crippen molar-refractivity contribution in [3.63, 3.8) is 0 Å². The van der Waals surface area contributed by atoms with Crippen molar-refractivity contribution < 1.29 is 19.1 Å². The number of rotatable bonds is 4. The Morgan fingerprint density at radius 1 is 1.26 bits per heavy atom. The fourth-order valence-electron chi connectivity index (χ4n) is 3.91. The van der Waals surface area contributed by atoms with Gasteiger partial charge < -0.3 is 19.3 Å². The molecule has 0 radical (unpaired) electrons. The lowest BCUT2D eigenvalue weighted by Gasteiger charge is -2.53. The van der Waals surface area contributed by atoms with Crippen molar-refractivity contribution in [1.82, 2.24) is 9.80 Å². The Labute approximate surface area is 161 Å². The van der Waals surface area contributed by atoms with Crippen LogP contribution >= 0.6 is 0 Å². The van der Waals surface area contributed by atoms with Gasteiger partial charge in [0.1, 0.15) is 11.4 Å². The first kappa shape index (κ1) is 19.5. The smallest absolute Gasteiger partial charge is 0.410 e. The molecule has 0 aromatic heterocycles. The van der Waals surface area contributed by atoms with Gasteiger partial charge in [-0.3, -0.25) is 4.79 Å². The molecule has 2 atom stereocenters. The second-order valence-electron chi connectivity index (χ2n) is 8.76. The summed E-state index contributed by atoms with van der Waals surface area (Å²) in [5, 5.41) is 0. The number of nitrogens with zero attached hydrogens (tertiary/aromatic N) is 2. The van der Waals surface area contributed by atoms with Gasteiger partial charge in [-0.15, -0.1) is 0 Å². The van der Waals surface area contributed by atoms with E-state index in [0.717, 1.165) is 17.7 Å². The average Bonchev–Trinajstić information content (AvgIpc) is 2.93. The van der Waals surface area contributed by atoms with Crippen molar-refractivity contribution >= 4 is 12.0 Å². The van der Waals surface area contributed by atoms with Crippen molar-refractivity contribution in [1.29, 1.82) is 0 Å². The zero-order chi connectivity index (χ0) is 19.8. The van der Waals surface area contributed by atoms with Gasteiger partial charge in [-0.25, -0.2) is 4.79 Å². The van der Waals surface area contributed by atoms with Gasteiger partial charge >= 0.3 is 6.09 Å². The number of amides is 2. The van der Waals surface area contributed by atoms with Crippen LogP contribution in [-0.2, 0) is 16.1 Å². The Balaban J connectivity index is 1.64. The van der Waals surface area contributed by atoms with E-state index in [1.165, 1.54) is 0 Å². The van der Waals surface area contributed by atoms with Gasteiger partial charge in [-0.1, -0.05) is 12.1 Å². The number of likely N-dealkylation sites (tertiary alicyclic amines) is 2. The molecule has 6 nitrogen and oxygen atoms in total. The molecule has 27 heavy (non-hydrogen) atoms. The Morgan fingerprint density at radius 2 is 1.93 bits per heavy atom. The quantitative estimate of drug-likeness (QED) is 0.810. The van der Waals surface area contributed by atoms with Crippen LogP contribution < -0.4 is 4.74 Å². The number of hydrogen-bond donors (Lipinski definition) is 0. The van der Waals surface area contributed by atoms with Gasteiger partial charge in [0.25, 0.3) is 0 Å². The molecule has 2 aliphatic rings. The van der Waals surface area contributed by atoms with Gasteiger partial charge in [0.15, 0.2) is 0 Å². The fraction of sp³-hybridized carbons (Fsp3) is 0.619. The predicted molar refractivity (Wildman–Crippen MR) is 102 cm³/mol. The molecule has 3 rings (SSSR count). The summed E-state index contributed by atoms with van der Waals surface area (Å²) in [5.74, 6) is 1.08. The minimum atomic E-state index is -0.514. The molecule has 2 unspecified atom stereocenters. The Hall–Kier alpha value is -2.24. The molecule has 0 aliphatic carbocycles. The van der Waals surface area contributed by atoms with Crippen LogP contribution in [0.4, 0.5) is 4.79 Å². The predicted octanol–water partition coefficient (Wildman–Crippen LogP) is 3.44. The minimum Gasteiger partial charge on any atom is -0.497 e. The molecule has 1 aromatic carbocycles. The highest BCUT2D eigenvalue weighted by molar-refractivity contribution is 5.79. The lowest BCUT2D eigenvalue weighted by Crippen LogP contribution is -2.65. The van der Waals surface area contributed by atoms with Crippen LogP contribution in [0.15, 0.2) is 24.3 Å². The number of hydrogen-bond acceptors (Lipinski definition) is 4. The third kappa shape index (κ3) is 4.04. The maximum atomic E-state index is 12.6. The van der Waals surface area contributed by atoms with Gasteiger partial charge in [-0.05, 0) is 51.8 Å². The van der Waals surface area contributed by atoms with Gasteiger partial charge in [0.05, 0.1) is 12.6 Å². The summed E-state index contributed by atoms with van der Waals surface area (Å²) in [4.78, 5) is 28.8. The van der Waals surface area contributed by atoms with Crippen LogP contribution in [0.1, 0.15) is 46.1 Å². The minimum absolute atomic E-state index is 0.129. The first-order valence-corrected chi connectivity index (χ1v) is 9.54. The topological polar surface area (TPSA) is 59.1 Å². The maximum absolute atomic E-state index is 12.6. The normalized spacial score (nSPS) is 25.4. The molecule has 2 fully saturated rings. The van der Waals surface area contributed by atoms with E-state index in [2.05, 4.69) is 6.92 Å². The maximum Gasteiger partial charge on any atom is 0.410 e. The number of methoxy groups -OCH3 is 1. The molecule has 2 heterocycles. The summed E-state index contributed by atoms with van der Waals surface area (Å²) in [6, 6.07) is 7.78. The highest BCUT2D eigenvalue weighted by Gasteiger charge is 2.53. The van der Waals surface area contributed by atoms with E-state index in [-0.39, 0.29) is 23.5 Å². The molecule has 0 bridgehead atoms. The largest absolute Gasteiger partial charge is 0.497 e. The fourth-order valence-corrected chi connectivity index (χ4v) is 3.91.